The van der Waals surface area contributed by atoms with Crippen molar-refractivity contribution in [1.82, 2.24) is 20.9 Å². The number of piperidine rings is 1. The summed E-state index contributed by atoms with van der Waals surface area (Å²) < 4.78 is 11.1. The molecule has 1 rings (SSSR count). The fourth-order valence-electron chi connectivity index (χ4n) is 3.69. The number of hydrogen-bond donors (Lipinski definition) is 3. The van der Waals surface area contributed by atoms with Gasteiger partial charge in [0.05, 0.1) is 26.4 Å². The third-order valence-corrected chi connectivity index (χ3v) is 6.52. The van der Waals surface area contributed by atoms with Crippen LogP contribution < -0.4 is 16.0 Å². The van der Waals surface area contributed by atoms with Crippen molar-refractivity contribution in [3.63, 3.8) is 0 Å². The quantitative estimate of drug-likeness (QED) is 0.258. The van der Waals surface area contributed by atoms with Gasteiger partial charge in [-0.05, 0) is 37.5 Å². The molecule has 0 aromatic heterocycles. The summed E-state index contributed by atoms with van der Waals surface area (Å²) in [6, 6.07) is 0.553. The van der Waals surface area contributed by atoms with E-state index in [-0.39, 0.29) is 42.0 Å². The fraction of sp³-hybridized carbons (Fsp3) is 0.889. The van der Waals surface area contributed by atoms with Crippen LogP contribution in [0.1, 0.15) is 80.1 Å². The standard InChI is InChI=1S/C27H52N4O5/c1-21(2)22(3)30-25(33)8-13-29-24(32)11-17-35-19-20-36-18-14-28-23-9-15-31(16-10-23)26(34)7-12-27(4,5)6/h21-23,28H,7-20H2,1-6H3,(H,29,32)(H,30,33)/t22-/m0/s1. The summed E-state index contributed by atoms with van der Waals surface area (Å²) >= 11 is 0. The lowest BCUT2D eigenvalue weighted by molar-refractivity contribution is -0.133. The maximum atomic E-state index is 12.4. The normalized spacial score (nSPS) is 15.7. The molecule has 0 saturated carbocycles. The Morgan fingerprint density at radius 3 is 2.11 bits per heavy atom. The highest BCUT2D eigenvalue weighted by atomic mass is 16.5. The van der Waals surface area contributed by atoms with Crippen LogP contribution >= 0.6 is 0 Å². The second kappa shape index (κ2) is 17.7. The molecule has 9 nitrogen and oxygen atoms in total. The first-order valence-electron chi connectivity index (χ1n) is 13.7. The SMILES string of the molecule is CC(C)[C@H](C)NC(=O)CCNC(=O)CCOCCOCCNC1CCN(C(=O)CCC(C)(C)C)CC1. The number of ether oxygens (including phenoxy) is 2. The largest absolute Gasteiger partial charge is 0.379 e. The third kappa shape index (κ3) is 16.1. The van der Waals surface area contributed by atoms with Crippen molar-refractivity contribution in [3.8, 4) is 0 Å². The lowest BCUT2D eigenvalue weighted by Gasteiger charge is -2.33. The molecule has 0 aromatic carbocycles. The Morgan fingerprint density at radius 1 is 0.861 bits per heavy atom. The Hall–Kier alpha value is -1.71. The number of nitrogens with zero attached hydrogens (tertiary/aromatic N) is 1. The lowest BCUT2D eigenvalue weighted by Crippen LogP contribution is -2.45. The molecular weight excluding hydrogens is 460 g/mol. The van der Waals surface area contributed by atoms with Gasteiger partial charge in [0.1, 0.15) is 0 Å². The predicted molar refractivity (Wildman–Crippen MR) is 143 cm³/mol. The molecule has 1 aliphatic heterocycles. The highest BCUT2D eigenvalue weighted by molar-refractivity contribution is 5.79. The second-order valence-corrected chi connectivity index (χ2v) is 11.3. The van der Waals surface area contributed by atoms with Gasteiger partial charge in [0.2, 0.25) is 17.7 Å². The van der Waals surface area contributed by atoms with Crippen LogP contribution in [0.2, 0.25) is 0 Å². The third-order valence-electron chi connectivity index (χ3n) is 6.52. The van der Waals surface area contributed by atoms with E-state index in [1.165, 1.54) is 0 Å². The van der Waals surface area contributed by atoms with E-state index in [0.29, 0.717) is 51.4 Å². The number of carbonyl (C=O) groups is 3. The highest BCUT2D eigenvalue weighted by Crippen LogP contribution is 2.22. The van der Waals surface area contributed by atoms with Gasteiger partial charge in [-0.2, -0.15) is 0 Å². The monoisotopic (exact) mass is 512 g/mol. The molecule has 1 aliphatic rings. The number of likely N-dealkylation sites (tertiary alicyclic amines) is 1. The topological polar surface area (TPSA) is 109 Å². The van der Waals surface area contributed by atoms with E-state index in [1.54, 1.807) is 0 Å². The van der Waals surface area contributed by atoms with Gasteiger partial charge in [-0.1, -0.05) is 34.6 Å². The van der Waals surface area contributed by atoms with Crippen LogP contribution in [0.25, 0.3) is 0 Å². The first kappa shape index (κ1) is 32.3. The summed E-state index contributed by atoms with van der Waals surface area (Å²) in [6.45, 7) is 17.2. The molecule has 1 fully saturated rings. The maximum Gasteiger partial charge on any atom is 0.222 e. The Labute approximate surface area is 218 Å². The molecule has 0 aromatic rings. The van der Waals surface area contributed by atoms with E-state index < -0.39 is 0 Å². The van der Waals surface area contributed by atoms with Crippen LogP contribution in [-0.4, -0.2) is 87.3 Å². The Bertz CT molecular complexity index is 643. The van der Waals surface area contributed by atoms with Gasteiger partial charge in [0, 0.05) is 57.5 Å². The van der Waals surface area contributed by atoms with Gasteiger partial charge in [-0.25, -0.2) is 0 Å². The van der Waals surface area contributed by atoms with Crippen molar-refractivity contribution in [2.75, 3.05) is 52.6 Å². The van der Waals surface area contributed by atoms with Crippen LogP contribution in [0.15, 0.2) is 0 Å². The van der Waals surface area contributed by atoms with Crippen LogP contribution in [0, 0.1) is 11.3 Å². The van der Waals surface area contributed by atoms with Gasteiger partial charge < -0.3 is 30.3 Å². The Morgan fingerprint density at radius 2 is 1.50 bits per heavy atom. The molecule has 210 valence electrons. The van der Waals surface area contributed by atoms with Crippen molar-refractivity contribution in [2.24, 2.45) is 11.3 Å². The average Bonchev–Trinajstić information content (AvgIpc) is 2.81. The number of nitrogens with one attached hydrogen (secondary N) is 3. The molecule has 3 amide bonds. The molecule has 0 bridgehead atoms. The number of amides is 3. The predicted octanol–water partition coefficient (Wildman–Crippen LogP) is 2.48. The van der Waals surface area contributed by atoms with E-state index in [2.05, 4.69) is 50.6 Å². The minimum Gasteiger partial charge on any atom is -0.379 e. The molecule has 1 saturated heterocycles. The van der Waals surface area contributed by atoms with Crippen molar-refractivity contribution < 1.29 is 23.9 Å². The van der Waals surface area contributed by atoms with E-state index >= 15 is 0 Å². The molecule has 1 atom stereocenters. The number of hydrogen-bond acceptors (Lipinski definition) is 6. The first-order chi connectivity index (χ1) is 17.0. The Kier molecular flexibility index (Phi) is 15.9. The summed E-state index contributed by atoms with van der Waals surface area (Å²) in [4.78, 5) is 38.0. The number of carbonyl (C=O) groups excluding carboxylic acids is 3. The van der Waals surface area contributed by atoms with Crippen LogP contribution in [-0.2, 0) is 23.9 Å². The van der Waals surface area contributed by atoms with Gasteiger partial charge in [0.25, 0.3) is 0 Å². The smallest absolute Gasteiger partial charge is 0.222 e. The summed E-state index contributed by atoms with van der Waals surface area (Å²) in [6.07, 6.45) is 4.07. The van der Waals surface area contributed by atoms with E-state index in [1.807, 2.05) is 11.8 Å². The van der Waals surface area contributed by atoms with Gasteiger partial charge in [-0.15, -0.1) is 0 Å². The summed E-state index contributed by atoms with van der Waals surface area (Å²) in [7, 11) is 0. The van der Waals surface area contributed by atoms with Crippen molar-refractivity contribution >= 4 is 17.7 Å². The highest BCUT2D eigenvalue weighted by Gasteiger charge is 2.23. The van der Waals surface area contributed by atoms with E-state index in [9.17, 15) is 14.4 Å². The van der Waals surface area contributed by atoms with Crippen molar-refractivity contribution in [2.45, 2.75) is 92.2 Å². The molecule has 0 unspecified atom stereocenters. The zero-order chi connectivity index (χ0) is 27.0. The average molecular weight is 513 g/mol. The summed E-state index contributed by atoms with van der Waals surface area (Å²) in [5.74, 6) is 0.493. The minimum atomic E-state index is -0.119. The van der Waals surface area contributed by atoms with Crippen molar-refractivity contribution in [1.29, 1.82) is 0 Å². The lowest BCUT2D eigenvalue weighted by atomic mass is 9.90. The molecule has 0 radical (unpaired) electrons. The van der Waals surface area contributed by atoms with Gasteiger partial charge >= 0.3 is 0 Å². The fourth-order valence-corrected chi connectivity index (χ4v) is 3.69. The van der Waals surface area contributed by atoms with Gasteiger partial charge in [0.15, 0.2) is 0 Å². The summed E-state index contributed by atoms with van der Waals surface area (Å²) in [5, 5.41) is 9.18. The Balaban J connectivity index is 1.93. The van der Waals surface area contributed by atoms with Gasteiger partial charge in [-0.3, -0.25) is 14.4 Å². The molecule has 0 spiro atoms. The molecule has 3 N–H and O–H groups in total. The zero-order valence-corrected chi connectivity index (χ0v) is 23.6. The second-order valence-electron chi connectivity index (χ2n) is 11.3. The first-order valence-corrected chi connectivity index (χ1v) is 13.7. The van der Waals surface area contributed by atoms with E-state index in [0.717, 1.165) is 38.9 Å². The molecule has 1 heterocycles. The molecule has 0 aliphatic carbocycles. The van der Waals surface area contributed by atoms with Crippen LogP contribution in [0.4, 0.5) is 0 Å². The summed E-state index contributed by atoms with van der Waals surface area (Å²) in [5.41, 5.74) is 0.196. The van der Waals surface area contributed by atoms with Crippen molar-refractivity contribution in [3.05, 3.63) is 0 Å². The molecule has 36 heavy (non-hydrogen) atoms. The molecule has 9 heteroatoms. The minimum absolute atomic E-state index is 0.0495. The van der Waals surface area contributed by atoms with E-state index in [4.69, 9.17) is 9.47 Å². The molecular formula is C27H52N4O5. The van der Waals surface area contributed by atoms with Crippen LogP contribution in [0.5, 0.6) is 0 Å². The van der Waals surface area contributed by atoms with Crippen LogP contribution in [0.3, 0.4) is 0 Å². The zero-order valence-electron chi connectivity index (χ0n) is 23.6. The number of rotatable bonds is 17. The maximum absolute atomic E-state index is 12.4.